The second-order valence-electron chi connectivity index (χ2n) is 7.14. The van der Waals surface area contributed by atoms with E-state index < -0.39 is 0 Å². The fourth-order valence-corrected chi connectivity index (χ4v) is 2.48. The van der Waals surface area contributed by atoms with Crippen molar-refractivity contribution in [3.8, 4) is 0 Å². The molecule has 5 nitrogen and oxygen atoms in total. The molecule has 0 saturated carbocycles. The van der Waals surface area contributed by atoms with Crippen molar-refractivity contribution in [1.82, 2.24) is 5.32 Å². The van der Waals surface area contributed by atoms with Gasteiger partial charge in [-0.1, -0.05) is 18.2 Å². The molecule has 0 atom stereocenters. The lowest BCUT2D eigenvalue weighted by Gasteiger charge is -2.32. The van der Waals surface area contributed by atoms with Crippen molar-refractivity contribution >= 4 is 24.8 Å². The van der Waals surface area contributed by atoms with E-state index in [9.17, 15) is 4.79 Å². The molecule has 24 heavy (non-hydrogen) atoms. The molecule has 1 aromatic carbocycles. The first-order valence-electron chi connectivity index (χ1n) is 8.23. The van der Waals surface area contributed by atoms with E-state index in [4.69, 9.17) is 9.31 Å². The minimum atomic E-state index is -0.377. The summed E-state index contributed by atoms with van der Waals surface area (Å²) in [4.78, 5) is 11.1. The van der Waals surface area contributed by atoms with Crippen molar-refractivity contribution in [2.24, 2.45) is 0 Å². The van der Waals surface area contributed by atoms with Gasteiger partial charge in [-0.3, -0.25) is 4.79 Å². The first-order chi connectivity index (χ1) is 11.1. The molecule has 6 heteroatoms. The Labute approximate surface area is 144 Å². The van der Waals surface area contributed by atoms with Gasteiger partial charge in [-0.25, -0.2) is 0 Å². The number of anilines is 1. The molecule has 0 aromatic heterocycles. The van der Waals surface area contributed by atoms with E-state index in [0.717, 1.165) is 16.7 Å². The van der Waals surface area contributed by atoms with E-state index in [1.807, 2.05) is 59.0 Å². The second-order valence-corrected chi connectivity index (χ2v) is 7.14. The fraction of sp³-hybridized carbons (Fsp3) is 0.500. The van der Waals surface area contributed by atoms with Crippen LogP contribution in [0.5, 0.6) is 0 Å². The highest BCUT2D eigenvalue weighted by Gasteiger charge is 2.52. The number of nitrogens with one attached hydrogen (secondary N) is 2. The summed E-state index contributed by atoms with van der Waals surface area (Å²) >= 11 is 0. The number of amides is 1. The molecule has 2 N–H and O–H groups in total. The van der Waals surface area contributed by atoms with Crippen LogP contribution in [0.1, 0.15) is 40.2 Å². The van der Waals surface area contributed by atoms with E-state index in [0.29, 0.717) is 6.54 Å². The molecule has 1 fully saturated rings. The zero-order valence-electron chi connectivity index (χ0n) is 15.4. The summed E-state index contributed by atoms with van der Waals surface area (Å²) < 4.78 is 12.3. The Kier molecular flexibility index (Phi) is 5.53. The van der Waals surface area contributed by atoms with Crippen LogP contribution in [0.2, 0.25) is 0 Å². The Morgan fingerprint density at radius 3 is 2.12 bits per heavy atom. The monoisotopic (exact) mass is 330 g/mol. The summed E-state index contributed by atoms with van der Waals surface area (Å²) in [5.41, 5.74) is 2.12. The molecule has 1 aliphatic heterocycles. The zero-order valence-corrected chi connectivity index (χ0v) is 15.4. The van der Waals surface area contributed by atoms with E-state index in [2.05, 4.69) is 16.7 Å². The van der Waals surface area contributed by atoms with Gasteiger partial charge >= 0.3 is 7.12 Å². The van der Waals surface area contributed by atoms with Crippen LogP contribution in [0.3, 0.4) is 0 Å². The number of likely N-dealkylation sites (N-methyl/N-ethyl adjacent to an activating group) is 1. The molecule has 1 amide bonds. The molecule has 1 heterocycles. The highest BCUT2D eigenvalue weighted by atomic mass is 16.7. The molecule has 1 aliphatic rings. The maximum absolute atomic E-state index is 11.1. The summed E-state index contributed by atoms with van der Waals surface area (Å²) in [5.74, 6) is -0.0774. The summed E-state index contributed by atoms with van der Waals surface area (Å²) in [6.07, 6.45) is 2.07. The fourth-order valence-electron chi connectivity index (χ4n) is 2.48. The van der Waals surface area contributed by atoms with Gasteiger partial charge in [0, 0.05) is 19.2 Å². The molecule has 1 saturated heterocycles. The van der Waals surface area contributed by atoms with Crippen molar-refractivity contribution in [3.05, 3.63) is 35.3 Å². The van der Waals surface area contributed by atoms with Crippen molar-refractivity contribution < 1.29 is 14.1 Å². The van der Waals surface area contributed by atoms with Crippen molar-refractivity contribution in [3.63, 3.8) is 0 Å². The van der Waals surface area contributed by atoms with Crippen LogP contribution in [0.25, 0.3) is 6.08 Å². The molecular weight excluding hydrogens is 303 g/mol. The van der Waals surface area contributed by atoms with E-state index in [1.165, 1.54) is 6.92 Å². The minimum Gasteiger partial charge on any atom is -0.400 e. The lowest BCUT2D eigenvalue weighted by Crippen LogP contribution is -2.41. The third kappa shape index (κ3) is 4.26. The average Bonchev–Trinajstić information content (AvgIpc) is 2.68. The molecule has 0 bridgehead atoms. The SMILES string of the molecule is CNCC(=Cc1ccc(NC(C)=O)cc1)B1OC(C)(C)C(C)(C)O1. The number of carbonyl (C=O) groups is 1. The summed E-state index contributed by atoms with van der Waals surface area (Å²) in [6.45, 7) is 10.4. The number of carbonyl (C=O) groups excluding carboxylic acids is 1. The van der Waals surface area contributed by atoms with E-state index >= 15 is 0 Å². The van der Waals surface area contributed by atoms with Gasteiger partial charge in [0.2, 0.25) is 5.91 Å². The van der Waals surface area contributed by atoms with Gasteiger partial charge in [0.1, 0.15) is 0 Å². The predicted octanol–water partition coefficient (Wildman–Crippen LogP) is 2.88. The number of hydrogen-bond donors (Lipinski definition) is 2. The third-order valence-electron chi connectivity index (χ3n) is 4.52. The van der Waals surface area contributed by atoms with Gasteiger partial charge in [-0.2, -0.15) is 0 Å². The van der Waals surface area contributed by atoms with Crippen LogP contribution in [-0.4, -0.2) is 37.8 Å². The highest BCUT2D eigenvalue weighted by molar-refractivity contribution is 6.55. The smallest absolute Gasteiger partial charge is 0.400 e. The van der Waals surface area contributed by atoms with Crippen LogP contribution >= 0.6 is 0 Å². The standard InChI is InChI=1S/C18H27BN2O3/c1-13(22)21-16-9-7-14(8-10-16)11-15(12-20-6)19-23-17(2,3)18(4,5)24-19/h7-11,20H,12H2,1-6H3,(H,21,22). The van der Waals surface area contributed by atoms with E-state index in [-0.39, 0.29) is 24.2 Å². The number of rotatable bonds is 5. The largest absolute Gasteiger partial charge is 0.491 e. The van der Waals surface area contributed by atoms with Crippen LogP contribution in [0.4, 0.5) is 5.69 Å². The lowest BCUT2D eigenvalue weighted by molar-refractivity contribution is -0.114. The maximum Gasteiger partial charge on any atom is 0.491 e. The van der Waals surface area contributed by atoms with Crippen molar-refractivity contribution in [2.75, 3.05) is 18.9 Å². The number of benzene rings is 1. The first-order valence-corrected chi connectivity index (χ1v) is 8.23. The zero-order chi connectivity index (χ0) is 18.0. The second kappa shape index (κ2) is 7.09. The normalized spacial score (nSPS) is 19.4. The Morgan fingerprint density at radius 1 is 1.12 bits per heavy atom. The predicted molar refractivity (Wildman–Crippen MR) is 98.7 cm³/mol. The van der Waals surface area contributed by atoms with Gasteiger partial charge in [0.25, 0.3) is 0 Å². The summed E-state index contributed by atoms with van der Waals surface area (Å²) in [5, 5.41) is 5.94. The Balaban J connectivity index is 2.21. The quantitative estimate of drug-likeness (QED) is 0.815. The lowest BCUT2D eigenvalue weighted by atomic mass is 9.77. The molecule has 0 spiro atoms. The summed E-state index contributed by atoms with van der Waals surface area (Å²) in [7, 11) is 1.52. The van der Waals surface area contributed by atoms with Gasteiger partial charge in [-0.15, -0.1) is 0 Å². The average molecular weight is 330 g/mol. The topological polar surface area (TPSA) is 59.6 Å². The molecule has 130 valence electrons. The molecule has 0 radical (unpaired) electrons. The van der Waals surface area contributed by atoms with Gasteiger partial charge < -0.3 is 19.9 Å². The Bertz CT molecular complexity index is 608. The highest BCUT2D eigenvalue weighted by Crippen LogP contribution is 2.38. The summed E-state index contributed by atoms with van der Waals surface area (Å²) in [6, 6.07) is 7.70. The van der Waals surface area contributed by atoms with Crippen LogP contribution in [0.15, 0.2) is 29.7 Å². The van der Waals surface area contributed by atoms with Crippen molar-refractivity contribution in [2.45, 2.75) is 45.8 Å². The van der Waals surface area contributed by atoms with Gasteiger partial charge in [-0.05, 0) is 57.9 Å². The minimum absolute atomic E-state index is 0.0774. The molecule has 0 unspecified atom stereocenters. The Hall–Kier alpha value is -1.63. The molecule has 2 rings (SSSR count). The maximum atomic E-state index is 11.1. The molecular formula is C18H27BN2O3. The van der Waals surface area contributed by atoms with E-state index in [1.54, 1.807) is 0 Å². The van der Waals surface area contributed by atoms with Crippen molar-refractivity contribution in [1.29, 1.82) is 0 Å². The van der Waals surface area contributed by atoms with Gasteiger partial charge in [0.15, 0.2) is 0 Å². The Morgan fingerprint density at radius 2 is 1.67 bits per heavy atom. The molecule has 1 aromatic rings. The van der Waals surface area contributed by atoms with Crippen LogP contribution in [-0.2, 0) is 14.1 Å². The third-order valence-corrected chi connectivity index (χ3v) is 4.52. The first kappa shape index (κ1) is 18.7. The van der Waals surface area contributed by atoms with Gasteiger partial charge in [0.05, 0.1) is 11.2 Å². The van der Waals surface area contributed by atoms with Crippen LogP contribution in [0, 0.1) is 0 Å². The molecule has 0 aliphatic carbocycles. The number of hydrogen-bond acceptors (Lipinski definition) is 4. The van der Waals surface area contributed by atoms with Crippen LogP contribution < -0.4 is 10.6 Å².